The van der Waals surface area contributed by atoms with Crippen molar-refractivity contribution >= 4 is 5.91 Å². The largest absolute Gasteiger partial charge is 0.497 e. The summed E-state index contributed by atoms with van der Waals surface area (Å²) in [4.78, 5) is 12.3. The normalized spacial score (nSPS) is 11.8. The Morgan fingerprint density at radius 1 is 1.09 bits per heavy atom. The molecule has 0 radical (unpaired) electrons. The smallest absolute Gasteiger partial charge is 0.224 e. The number of benzene rings is 2. The average molecular weight is 311 g/mol. The first-order chi connectivity index (χ1) is 11.0. The molecule has 0 aliphatic heterocycles. The third kappa shape index (κ3) is 4.59. The van der Waals surface area contributed by atoms with Crippen molar-refractivity contribution in [2.75, 3.05) is 7.11 Å². The van der Waals surface area contributed by atoms with Gasteiger partial charge in [0.25, 0.3) is 0 Å². The van der Waals surface area contributed by atoms with Gasteiger partial charge in [0.15, 0.2) is 0 Å². The van der Waals surface area contributed by atoms with Gasteiger partial charge in [-0.1, -0.05) is 37.3 Å². The second-order valence-electron chi connectivity index (χ2n) is 5.90. The van der Waals surface area contributed by atoms with Gasteiger partial charge in [-0.3, -0.25) is 4.79 Å². The quantitative estimate of drug-likeness (QED) is 0.871. The number of carbonyl (C=O) groups excluding carboxylic acids is 1. The van der Waals surface area contributed by atoms with Crippen LogP contribution < -0.4 is 10.1 Å². The lowest BCUT2D eigenvalue weighted by atomic mass is 10.0. The fourth-order valence-electron chi connectivity index (χ4n) is 2.60. The summed E-state index contributed by atoms with van der Waals surface area (Å²) in [6, 6.07) is 14.1. The van der Waals surface area contributed by atoms with E-state index in [9.17, 15) is 4.79 Å². The minimum Gasteiger partial charge on any atom is -0.497 e. The predicted molar refractivity (Wildman–Crippen MR) is 93.8 cm³/mol. The highest BCUT2D eigenvalue weighted by atomic mass is 16.5. The van der Waals surface area contributed by atoms with Gasteiger partial charge in [0, 0.05) is 0 Å². The van der Waals surface area contributed by atoms with Gasteiger partial charge in [-0.2, -0.15) is 0 Å². The summed E-state index contributed by atoms with van der Waals surface area (Å²) in [7, 11) is 1.65. The number of ether oxygens (including phenoxy) is 1. The van der Waals surface area contributed by atoms with Gasteiger partial charge in [0.1, 0.15) is 5.75 Å². The van der Waals surface area contributed by atoms with Gasteiger partial charge >= 0.3 is 0 Å². The summed E-state index contributed by atoms with van der Waals surface area (Å²) < 4.78 is 5.18. The number of carbonyl (C=O) groups is 1. The predicted octanol–water partition coefficient (Wildman–Crippen LogP) is 4.12. The zero-order valence-electron chi connectivity index (χ0n) is 14.3. The van der Waals surface area contributed by atoms with Crippen LogP contribution in [0.4, 0.5) is 0 Å². The molecular weight excluding hydrogens is 286 g/mol. The molecule has 0 saturated carbocycles. The summed E-state index contributed by atoms with van der Waals surface area (Å²) in [5.41, 5.74) is 4.62. The molecule has 1 atom stereocenters. The van der Waals surface area contributed by atoms with E-state index in [-0.39, 0.29) is 11.9 Å². The van der Waals surface area contributed by atoms with E-state index in [0.717, 1.165) is 23.3 Å². The second kappa shape index (κ2) is 7.82. The van der Waals surface area contributed by atoms with E-state index >= 15 is 0 Å². The van der Waals surface area contributed by atoms with E-state index in [1.165, 1.54) is 11.1 Å². The number of hydrogen-bond donors (Lipinski definition) is 1. The Kier molecular flexibility index (Phi) is 5.80. The third-order valence-electron chi connectivity index (χ3n) is 4.20. The fourth-order valence-corrected chi connectivity index (χ4v) is 2.60. The Morgan fingerprint density at radius 2 is 1.78 bits per heavy atom. The molecule has 0 aromatic heterocycles. The van der Waals surface area contributed by atoms with Gasteiger partial charge in [-0.05, 0) is 54.7 Å². The number of aryl methyl sites for hydroxylation is 2. The number of rotatable bonds is 6. The highest BCUT2D eigenvalue weighted by Gasteiger charge is 2.13. The maximum atomic E-state index is 12.3. The minimum absolute atomic E-state index is 0.0277. The molecule has 2 aromatic rings. The molecule has 0 saturated heterocycles. The van der Waals surface area contributed by atoms with Crippen molar-refractivity contribution < 1.29 is 9.53 Å². The SMILES string of the molecule is CCC(NC(=O)Cc1ccc(C)c(C)c1)c1ccc(OC)cc1. The average Bonchev–Trinajstić information content (AvgIpc) is 2.56. The number of amides is 1. The first-order valence-electron chi connectivity index (χ1n) is 8.03. The molecule has 0 heterocycles. The second-order valence-corrected chi connectivity index (χ2v) is 5.90. The van der Waals surface area contributed by atoms with Crippen LogP contribution in [0, 0.1) is 13.8 Å². The number of methoxy groups -OCH3 is 1. The van der Waals surface area contributed by atoms with E-state index in [2.05, 4.69) is 38.2 Å². The van der Waals surface area contributed by atoms with Crippen LogP contribution in [0.25, 0.3) is 0 Å². The Balaban J connectivity index is 2.02. The molecule has 0 fully saturated rings. The molecule has 2 rings (SSSR count). The molecule has 0 bridgehead atoms. The van der Waals surface area contributed by atoms with Crippen molar-refractivity contribution in [1.29, 1.82) is 0 Å². The van der Waals surface area contributed by atoms with Crippen LogP contribution in [0.2, 0.25) is 0 Å². The fraction of sp³-hybridized carbons (Fsp3) is 0.350. The Hall–Kier alpha value is -2.29. The highest BCUT2D eigenvalue weighted by molar-refractivity contribution is 5.79. The number of hydrogen-bond acceptors (Lipinski definition) is 2. The van der Waals surface area contributed by atoms with Crippen LogP contribution in [0.15, 0.2) is 42.5 Å². The molecule has 0 aliphatic carbocycles. The Labute approximate surface area is 138 Å². The van der Waals surface area contributed by atoms with Crippen LogP contribution >= 0.6 is 0 Å². The van der Waals surface area contributed by atoms with Crippen LogP contribution in [0.3, 0.4) is 0 Å². The zero-order valence-corrected chi connectivity index (χ0v) is 14.3. The molecule has 1 unspecified atom stereocenters. The van der Waals surface area contributed by atoms with Gasteiger partial charge < -0.3 is 10.1 Å². The molecule has 0 spiro atoms. The van der Waals surface area contributed by atoms with E-state index in [1.807, 2.05) is 30.3 Å². The lowest BCUT2D eigenvalue weighted by Crippen LogP contribution is -2.29. The van der Waals surface area contributed by atoms with Crippen LogP contribution in [0.5, 0.6) is 5.75 Å². The lowest BCUT2D eigenvalue weighted by molar-refractivity contribution is -0.121. The zero-order chi connectivity index (χ0) is 16.8. The van der Waals surface area contributed by atoms with Gasteiger partial charge in [-0.25, -0.2) is 0 Å². The van der Waals surface area contributed by atoms with E-state index in [4.69, 9.17) is 4.74 Å². The van der Waals surface area contributed by atoms with Crippen molar-refractivity contribution in [3.63, 3.8) is 0 Å². The maximum Gasteiger partial charge on any atom is 0.224 e. The van der Waals surface area contributed by atoms with Crippen LogP contribution in [-0.4, -0.2) is 13.0 Å². The first-order valence-corrected chi connectivity index (χ1v) is 8.03. The first kappa shape index (κ1) is 17.1. The summed E-state index contributed by atoms with van der Waals surface area (Å²) in [6.45, 7) is 6.23. The van der Waals surface area contributed by atoms with Crippen molar-refractivity contribution in [3.05, 3.63) is 64.7 Å². The topological polar surface area (TPSA) is 38.3 Å². The van der Waals surface area contributed by atoms with Crippen molar-refractivity contribution in [2.24, 2.45) is 0 Å². The lowest BCUT2D eigenvalue weighted by Gasteiger charge is -2.18. The molecule has 0 aliphatic rings. The Bertz CT molecular complexity index is 662. The summed E-state index contributed by atoms with van der Waals surface area (Å²) in [5, 5.41) is 3.12. The van der Waals surface area contributed by atoms with Crippen molar-refractivity contribution in [1.82, 2.24) is 5.32 Å². The molecule has 23 heavy (non-hydrogen) atoms. The molecule has 1 amide bonds. The molecule has 2 aromatic carbocycles. The van der Waals surface area contributed by atoms with E-state index in [1.54, 1.807) is 7.11 Å². The maximum absolute atomic E-state index is 12.3. The van der Waals surface area contributed by atoms with Gasteiger partial charge in [0.05, 0.1) is 19.6 Å². The highest BCUT2D eigenvalue weighted by Crippen LogP contribution is 2.20. The van der Waals surface area contributed by atoms with Crippen molar-refractivity contribution in [2.45, 2.75) is 39.7 Å². The number of nitrogens with one attached hydrogen (secondary N) is 1. The summed E-state index contributed by atoms with van der Waals surface area (Å²) in [5.74, 6) is 0.876. The minimum atomic E-state index is 0.0277. The third-order valence-corrected chi connectivity index (χ3v) is 4.20. The monoisotopic (exact) mass is 311 g/mol. The molecule has 3 nitrogen and oxygen atoms in total. The van der Waals surface area contributed by atoms with Crippen molar-refractivity contribution in [3.8, 4) is 5.75 Å². The molecular formula is C20H25NO2. The molecule has 122 valence electrons. The summed E-state index contributed by atoms with van der Waals surface area (Å²) in [6.07, 6.45) is 1.26. The Morgan fingerprint density at radius 3 is 2.35 bits per heavy atom. The molecule has 1 N–H and O–H groups in total. The van der Waals surface area contributed by atoms with Crippen LogP contribution in [-0.2, 0) is 11.2 Å². The van der Waals surface area contributed by atoms with Gasteiger partial charge in [0.2, 0.25) is 5.91 Å². The standard InChI is InChI=1S/C20H25NO2/c1-5-19(17-8-10-18(23-4)11-9-17)21-20(22)13-16-7-6-14(2)15(3)12-16/h6-12,19H,5,13H2,1-4H3,(H,21,22). The van der Waals surface area contributed by atoms with E-state index in [0.29, 0.717) is 6.42 Å². The van der Waals surface area contributed by atoms with Gasteiger partial charge in [-0.15, -0.1) is 0 Å². The van der Waals surface area contributed by atoms with Crippen LogP contribution in [0.1, 0.15) is 41.6 Å². The molecule has 3 heteroatoms. The van der Waals surface area contributed by atoms with E-state index < -0.39 is 0 Å². The summed E-state index contributed by atoms with van der Waals surface area (Å²) >= 11 is 0.